The molecule has 1 N–H and O–H groups in total. The third kappa shape index (κ3) is 5.45. The fraction of sp³-hybridized carbons (Fsp3) is 0.316. The minimum absolute atomic E-state index is 0.164. The minimum Gasteiger partial charge on any atom is -0.484 e. The molecule has 1 aliphatic heterocycles. The number of carbonyl (C=O) groups is 1. The molecule has 2 aromatic rings. The van der Waals surface area contributed by atoms with Gasteiger partial charge in [0.05, 0.1) is 18.1 Å². The molecule has 1 heterocycles. The van der Waals surface area contributed by atoms with Gasteiger partial charge in [-0.2, -0.15) is 4.31 Å². The van der Waals surface area contributed by atoms with Gasteiger partial charge in [0.1, 0.15) is 5.75 Å². The summed E-state index contributed by atoms with van der Waals surface area (Å²) in [6.45, 7) is 1.68. The van der Waals surface area contributed by atoms with Gasteiger partial charge >= 0.3 is 0 Å². The van der Waals surface area contributed by atoms with Crippen LogP contribution in [0, 0.1) is 0 Å². The number of morpholine rings is 1. The van der Waals surface area contributed by atoms with Crippen LogP contribution < -0.4 is 10.1 Å². The number of halogens is 1. The lowest BCUT2D eigenvalue weighted by Gasteiger charge is -2.26. The van der Waals surface area contributed by atoms with E-state index in [4.69, 9.17) is 21.1 Å². The molecule has 0 unspecified atom stereocenters. The molecule has 0 atom stereocenters. The molecule has 0 aliphatic carbocycles. The molecule has 1 fully saturated rings. The van der Waals surface area contributed by atoms with Crippen LogP contribution in [0.5, 0.6) is 5.75 Å². The molecule has 0 aromatic heterocycles. The molecule has 0 spiro atoms. The number of ether oxygens (including phenoxy) is 2. The highest BCUT2D eigenvalue weighted by atomic mass is 35.5. The van der Waals surface area contributed by atoms with Crippen LogP contribution in [0.4, 0.5) is 0 Å². The Morgan fingerprint density at radius 1 is 1.07 bits per heavy atom. The zero-order valence-corrected chi connectivity index (χ0v) is 16.7. The summed E-state index contributed by atoms with van der Waals surface area (Å²) in [6.07, 6.45) is 0. The van der Waals surface area contributed by atoms with Crippen LogP contribution in [0.25, 0.3) is 0 Å². The number of hydrogen-bond donors (Lipinski definition) is 1. The van der Waals surface area contributed by atoms with Crippen LogP contribution in [0.15, 0.2) is 53.4 Å². The number of rotatable bonds is 7. The second-order valence-electron chi connectivity index (χ2n) is 6.18. The van der Waals surface area contributed by atoms with E-state index >= 15 is 0 Å². The summed E-state index contributed by atoms with van der Waals surface area (Å²) in [7, 11) is -3.54. The van der Waals surface area contributed by atoms with Crippen LogP contribution in [-0.2, 0) is 26.1 Å². The van der Waals surface area contributed by atoms with E-state index in [0.717, 1.165) is 5.56 Å². The second-order valence-corrected chi connectivity index (χ2v) is 8.55. The van der Waals surface area contributed by atoms with E-state index in [1.54, 1.807) is 24.3 Å². The summed E-state index contributed by atoms with van der Waals surface area (Å²) in [6, 6.07) is 13.2. The van der Waals surface area contributed by atoms with Gasteiger partial charge in [0, 0.05) is 24.7 Å². The molecule has 0 radical (unpaired) electrons. The van der Waals surface area contributed by atoms with Gasteiger partial charge < -0.3 is 14.8 Å². The van der Waals surface area contributed by atoms with Gasteiger partial charge in [-0.3, -0.25) is 4.79 Å². The number of nitrogens with zero attached hydrogens (tertiary/aromatic N) is 1. The average molecular weight is 425 g/mol. The molecule has 1 amide bonds. The van der Waals surface area contributed by atoms with Crippen molar-refractivity contribution in [2.45, 2.75) is 11.4 Å². The molecular weight excluding hydrogens is 404 g/mol. The zero-order chi connectivity index (χ0) is 20.0. The summed E-state index contributed by atoms with van der Waals surface area (Å²) in [5, 5.41) is 3.38. The Morgan fingerprint density at radius 2 is 1.71 bits per heavy atom. The van der Waals surface area contributed by atoms with Gasteiger partial charge in [-0.1, -0.05) is 23.7 Å². The van der Waals surface area contributed by atoms with Crippen molar-refractivity contribution < 1.29 is 22.7 Å². The van der Waals surface area contributed by atoms with Crippen LogP contribution in [0.1, 0.15) is 5.56 Å². The molecular formula is C19H21ClN2O5S. The predicted molar refractivity (Wildman–Crippen MR) is 105 cm³/mol. The molecule has 0 bridgehead atoms. The normalized spacial score (nSPS) is 15.2. The zero-order valence-electron chi connectivity index (χ0n) is 15.1. The Morgan fingerprint density at radius 3 is 2.36 bits per heavy atom. The van der Waals surface area contributed by atoms with Crippen LogP contribution in [0.3, 0.4) is 0 Å². The Balaban J connectivity index is 1.49. The highest BCUT2D eigenvalue weighted by Gasteiger charge is 2.26. The maximum absolute atomic E-state index is 12.6. The fourth-order valence-corrected chi connectivity index (χ4v) is 4.18. The number of sulfonamides is 1. The van der Waals surface area contributed by atoms with Crippen LogP contribution in [0.2, 0.25) is 5.02 Å². The molecule has 3 rings (SSSR count). The van der Waals surface area contributed by atoms with Gasteiger partial charge in [0.15, 0.2) is 6.61 Å². The van der Waals surface area contributed by atoms with Gasteiger partial charge in [-0.25, -0.2) is 8.42 Å². The maximum atomic E-state index is 12.6. The third-order valence-electron chi connectivity index (χ3n) is 4.20. The molecule has 0 saturated carbocycles. The van der Waals surface area contributed by atoms with E-state index in [1.807, 2.05) is 12.1 Å². The average Bonchev–Trinajstić information content (AvgIpc) is 2.73. The molecule has 2 aromatic carbocycles. The van der Waals surface area contributed by atoms with Crippen molar-refractivity contribution in [1.82, 2.24) is 9.62 Å². The van der Waals surface area contributed by atoms with E-state index in [0.29, 0.717) is 43.6 Å². The van der Waals surface area contributed by atoms with Crippen molar-refractivity contribution >= 4 is 27.5 Å². The van der Waals surface area contributed by atoms with Gasteiger partial charge in [-0.05, 0) is 42.0 Å². The van der Waals surface area contributed by atoms with Crippen LogP contribution >= 0.6 is 11.6 Å². The van der Waals surface area contributed by atoms with Gasteiger partial charge in [0.2, 0.25) is 10.0 Å². The highest BCUT2D eigenvalue weighted by Crippen LogP contribution is 2.20. The monoisotopic (exact) mass is 424 g/mol. The van der Waals surface area contributed by atoms with E-state index in [-0.39, 0.29) is 17.4 Å². The van der Waals surface area contributed by atoms with Gasteiger partial charge in [0.25, 0.3) is 5.91 Å². The number of benzene rings is 2. The standard InChI is InChI=1S/C19H21ClN2O5S/c20-16-3-1-15(2-4-16)13-21-19(23)14-27-17-5-7-18(8-6-17)28(24,25)22-9-11-26-12-10-22/h1-8H,9-14H2,(H,21,23). The highest BCUT2D eigenvalue weighted by molar-refractivity contribution is 7.89. The third-order valence-corrected chi connectivity index (χ3v) is 6.37. The quantitative estimate of drug-likeness (QED) is 0.735. The van der Waals surface area contributed by atoms with E-state index in [1.165, 1.54) is 16.4 Å². The van der Waals surface area contributed by atoms with Crippen LogP contribution in [-0.4, -0.2) is 51.5 Å². The number of carbonyl (C=O) groups excluding carboxylic acids is 1. The smallest absolute Gasteiger partial charge is 0.258 e. The number of hydrogen-bond acceptors (Lipinski definition) is 5. The second kappa shape index (κ2) is 9.38. The molecule has 150 valence electrons. The SMILES string of the molecule is O=C(COc1ccc(S(=O)(=O)N2CCOCC2)cc1)NCc1ccc(Cl)cc1. The molecule has 28 heavy (non-hydrogen) atoms. The van der Waals surface area contributed by atoms with Gasteiger partial charge in [-0.15, -0.1) is 0 Å². The molecule has 7 nitrogen and oxygen atoms in total. The molecule has 1 saturated heterocycles. The largest absolute Gasteiger partial charge is 0.484 e. The topological polar surface area (TPSA) is 84.9 Å². The van der Waals surface area contributed by atoms with E-state index < -0.39 is 10.0 Å². The van der Waals surface area contributed by atoms with Crippen molar-refractivity contribution in [3.8, 4) is 5.75 Å². The van der Waals surface area contributed by atoms with E-state index in [9.17, 15) is 13.2 Å². The first kappa shape index (κ1) is 20.6. The summed E-state index contributed by atoms with van der Waals surface area (Å²) in [4.78, 5) is 12.1. The minimum atomic E-state index is -3.54. The number of amides is 1. The lowest BCUT2D eigenvalue weighted by molar-refractivity contribution is -0.123. The first-order chi connectivity index (χ1) is 13.4. The first-order valence-electron chi connectivity index (χ1n) is 8.77. The van der Waals surface area contributed by atoms with Crippen molar-refractivity contribution in [3.05, 3.63) is 59.1 Å². The summed E-state index contributed by atoms with van der Waals surface area (Å²) < 4.78 is 37.1. The van der Waals surface area contributed by atoms with Crippen molar-refractivity contribution in [2.75, 3.05) is 32.9 Å². The Hall–Kier alpha value is -2.13. The number of nitrogens with one attached hydrogen (secondary N) is 1. The predicted octanol–water partition coefficient (Wildman–Crippen LogP) is 2.06. The summed E-state index contributed by atoms with van der Waals surface area (Å²) in [5.74, 6) is 0.141. The lowest BCUT2D eigenvalue weighted by atomic mass is 10.2. The fourth-order valence-electron chi connectivity index (χ4n) is 2.65. The van der Waals surface area contributed by atoms with Crippen molar-refractivity contribution in [2.24, 2.45) is 0 Å². The Bertz CT molecular complexity index is 895. The van der Waals surface area contributed by atoms with Crippen molar-refractivity contribution in [3.63, 3.8) is 0 Å². The summed E-state index contributed by atoms with van der Waals surface area (Å²) >= 11 is 5.82. The Kier molecular flexibility index (Phi) is 6.90. The Labute approximate surface area is 169 Å². The summed E-state index contributed by atoms with van der Waals surface area (Å²) in [5.41, 5.74) is 0.926. The first-order valence-corrected chi connectivity index (χ1v) is 10.6. The molecule has 1 aliphatic rings. The lowest BCUT2D eigenvalue weighted by Crippen LogP contribution is -2.40. The van der Waals surface area contributed by atoms with E-state index in [2.05, 4.69) is 5.32 Å². The maximum Gasteiger partial charge on any atom is 0.258 e. The van der Waals surface area contributed by atoms with Crippen molar-refractivity contribution in [1.29, 1.82) is 0 Å². The molecule has 9 heteroatoms.